The summed E-state index contributed by atoms with van der Waals surface area (Å²) in [5, 5.41) is 0.632. The highest BCUT2D eigenvalue weighted by molar-refractivity contribution is 8.00. The summed E-state index contributed by atoms with van der Waals surface area (Å²) >= 11 is 2.87. The Kier molecular flexibility index (Phi) is 2.91. The van der Waals surface area contributed by atoms with Crippen LogP contribution in [0.4, 0.5) is 4.39 Å². The molecular formula is C9H10FOS2. The van der Waals surface area contributed by atoms with Crippen LogP contribution in [0.2, 0.25) is 0 Å². The molecule has 0 saturated carbocycles. The van der Waals surface area contributed by atoms with Crippen molar-refractivity contribution in [3.8, 4) is 0 Å². The van der Waals surface area contributed by atoms with Gasteiger partial charge in [-0.1, -0.05) is 6.07 Å². The zero-order valence-corrected chi connectivity index (χ0v) is 8.67. The van der Waals surface area contributed by atoms with Crippen LogP contribution in [-0.2, 0) is 4.74 Å². The zero-order chi connectivity index (χ0) is 9.15. The summed E-state index contributed by atoms with van der Waals surface area (Å²) in [6.07, 6.45) is 1.65. The third-order valence-corrected chi connectivity index (χ3v) is 3.68. The monoisotopic (exact) mass is 217 g/mol. The van der Waals surface area contributed by atoms with E-state index in [1.807, 2.05) is 17.5 Å². The van der Waals surface area contributed by atoms with Crippen molar-refractivity contribution in [2.24, 2.45) is 0 Å². The van der Waals surface area contributed by atoms with Gasteiger partial charge >= 0.3 is 0 Å². The van der Waals surface area contributed by atoms with Gasteiger partial charge in [0.2, 0.25) is 0 Å². The summed E-state index contributed by atoms with van der Waals surface area (Å²) in [7, 11) is 0. The predicted octanol–water partition coefficient (Wildman–Crippen LogP) is 2.73. The first-order chi connectivity index (χ1) is 6.29. The molecule has 1 radical (unpaired) electrons. The largest absolute Gasteiger partial charge is 0.376 e. The second-order valence-corrected chi connectivity index (χ2v) is 5.20. The van der Waals surface area contributed by atoms with Crippen LogP contribution in [0.25, 0.3) is 0 Å². The highest BCUT2D eigenvalue weighted by Crippen LogP contribution is 2.36. The topological polar surface area (TPSA) is 9.23 Å². The Morgan fingerprint density at radius 3 is 3.15 bits per heavy atom. The van der Waals surface area contributed by atoms with E-state index in [-0.39, 0.29) is 6.61 Å². The third-order valence-electron chi connectivity index (χ3n) is 1.77. The fraction of sp³-hybridized carbons (Fsp3) is 0.444. The van der Waals surface area contributed by atoms with Gasteiger partial charge in [0.05, 0.1) is 19.6 Å². The van der Waals surface area contributed by atoms with Crippen LogP contribution >= 0.6 is 23.1 Å². The van der Waals surface area contributed by atoms with Crippen LogP contribution in [0.3, 0.4) is 0 Å². The molecule has 71 valence electrons. The van der Waals surface area contributed by atoms with Crippen LogP contribution in [0.5, 0.6) is 0 Å². The first kappa shape index (κ1) is 9.49. The Balaban J connectivity index is 1.99. The summed E-state index contributed by atoms with van der Waals surface area (Å²) in [5.74, 6) is 0.734. The lowest BCUT2D eigenvalue weighted by atomic mass is 10.2. The molecule has 0 aliphatic carbocycles. The third kappa shape index (κ3) is 2.45. The van der Waals surface area contributed by atoms with Gasteiger partial charge in [-0.15, -0.1) is 23.1 Å². The lowest BCUT2D eigenvalue weighted by Crippen LogP contribution is -2.31. The molecule has 2 heterocycles. The van der Waals surface area contributed by atoms with Crippen molar-refractivity contribution in [3.05, 3.63) is 28.8 Å². The first-order valence-electron chi connectivity index (χ1n) is 4.09. The van der Waals surface area contributed by atoms with E-state index >= 15 is 0 Å². The number of hydrogen-bond acceptors (Lipinski definition) is 3. The minimum absolute atomic E-state index is 0.176. The van der Waals surface area contributed by atoms with Crippen LogP contribution < -0.4 is 0 Å². The van der Waals surface area contributed by atoms with Gasteiger partial charge < -0.3 is 4.74 Å². The molecule has 1 saturated heterocycles. The summed E-state index contributed by atoms with van der Waals surface area (Å²) in [5.41, 5.74) is 0. The number of thioether (sulfide) groups is 1. The Morgan fingerprint density at radius 2 is 2.54 bits per heavy atom. The first-order valence-corrected chi connectivity index (χ1v) is 5.95. The van der Waals surface area contributed by atoms with Crippen LogP contribution in [0.1, 0.15) is 4.88 Å². The second-order valence-electron chi connectivity index (χ2n) is 2.85. The maximum Gasteiger partial charge on any atom is 0.187 e. The van der Waals surface area contributed by atoms with Gasteiger partial charge in [0.15, 0.2) is 5.00 Å². The van der Waals surface area contributed by atoms with Gasteiger partial charge in [-0.3, -0.25) is 0 Å². The summed E-state index contributed by atoms with van der Waals surface area (Å²) in [4.78, 5) is 0.973. The number of halogens is 1. The van der Waals surface area contributed by atoms with Crippen molar-refractivity contribution >= 4 is 23.1 Å². The van der Waals surface area contributed by atoms with Crippen molar-refractivity contribution in [1.82, 2.24) is 0 Å². The van der Waals surface area contributed by atoms with E-state index in [0.717, 1.165) is 10.6 Å². The Labute approximate surface area is 85.3 Å². The minimum atomic E-state index is -1.32. The van der Waals surface area contributed by atoms with Crippen molar-refractivity contribution in [2.45, 2.75) is 5.00 Å². The van der Waals surface area contributed by atoms with Crippen molar-refractivity contribution in [2.75, 3.05) is 19.0 Å². The molecule has 0 aromatic carbocycles. The highest BCUT2D eigenvalue weighted by Gasteiger charge is 2.34. The summed E-state index contributed by atoms with van der Waals surface area (Å²) < 4.78 is 19.0. The van der Waals surface area contributed by atoms with E-state index in [0.29, 0.717) is 6.61 Å². The van der Waals surface area contributed by atoms with Crippen molar-refractivity contribution in [1.29, 1.82) is 0 Å². The molecule has 2 rings (SSSR count). The van der Waals surface area contributed by atoms with E-state index in [1.165, 1.54) is 11.8 Å². The zero-order valence-electron chi connectivity index (χ0n) is 7.03. The lowest BCUT2D eigenvalue weighted by Gasteiger charge is -2.27. The summed E-state index contributed by atoms with van der Waals surface area (Å²) in [6, 6.07) is 3.84. The molecular weight excluding hydrogens is 207 g/mol. The van der Waals surface area contributed by atoms with Crippen LogP contribution in [0, 0.1) is 6.42 Å². The molecule has 1 nitrogen and oxygen atoms in total. The molecule has 0 N–H and O–H groups in total. The fourth-order valence-electron chi connectivity index (χ4n) is 1.19. The normalized spacial score (nSPS) is 29.0. The standard InChI is InChI=1S/C9H10FOS2/c10-9(7-11-3-5-13-9)6-8-2-1-4-12-8/h1-2,4,6H,3,5,7H2. The molecule has 0 bridgehead atoms. The van der Waals surface area contributed by atoms with E-state index in [9.17, 15) is 4.39 Å². The maximum absolute atomic E-state index is 13.9. The molecule has 0 amide bonds. The smallest absolute Gasteiger partial charge is 0.187 e. The fourth-order valence-corrected chi connectivity index (χ4v) is 2.91. The maximum atomic E-state index is 13.9. The van der Waals surface area contributed by atoms with E-state index in [1.54, 1.807) is 17.8 Å². The van der Waals surface area contributed by atoms with Crippen LogP contribution in [-0.4, -0.2) is 24.0 Å². The van der Waals surface area contributed by atoms with Crippen molar-refractivity contribution in [3.63, 3.8) is 0 Å². The molecule has 1 aromatic heterocycles. The van der Waals surface area contributed by atoms with E-state index in [2.05, 4.69) is 0 Å². The predicted molar refractivity (Wildman–Crippen MR) is 54.8 cm³/mol. The molecule has 13 heavy (non-hydrogen) atoms. The Hall–Kier alpha value is -0.0600. The Morgan fingerprint density at radius 1 is 1.62 bits per heavy atom. The summed E-state index contributed by atoms with van der Waals surface area (Å²) in [6.45, 7) is 0.837. The Bertz CT molecular complexity index is 255. The second kappa shape index (κ2) is 3.98. The molecule has 1 atom stereocenters. The minimum Gasteiger partial charge on any atom is -0.376 e. The molecule has 1 fully saturated rings. The van der Waals surface area contributed by atoms with E-state index in [4.69, 9.17) is 4.74 Å². The molecule has 0 spiro atoms. The van der Waals surface area contributed by atoms with Gasteiger partial charge in [0, 0.05) is 10.6 Å². The van der Waals surface area contributed by atoms with Crippen molar-refractivity contribution < 1.29 is 9.13 Å². The number of rotatable bonds is 2. The van der Waals surface area contributed by atoms with Crippen LogP contribution in [0.15, 0.2) is 17.5 Å². The average molecular weight is 217 g/mol. The van der Waals surface area contributed by atoms with Gasteiger partial charge in [-0.2, -0.15) is 0 Å². The molecule has 1 aliphatic heterocycles. The van der Waals surface area contributed by atoms with Gasteiger partial charge in [0.1, 0.15) is 0 Å². The molecule has 1 unspecified atom stereocenters. The van der Waals surface area contributed by atoms with E-state index < -0.39 is 5.00 Å². The quantitative estimate of drug-likeness (QED) is 0.753. The number of thiophene rings is 1. The molecule has 1 aromatic rings. The highest BCUT2D eigenvalue weighted by atomic mass is 32.2. The molecule has 1 aliphatic rings. The average Bonchev–Trinajstić information content (AvgIpc) is 2.57. The van der Waals surface area contributed by atoms with Gasteiger partial charge in [-0.05, 0) is 11.4 Å². The number of hydrogen-bond donors (Lipinski definition) is 0. The number of ether oxygens (including phenoxy) is 1. The van der Waals surface area contributed by atoms with Gasteiger partial charge in [0.25, 0.3) is 0 Å². The number of alkyl halides is 1. The molecule has 4 heteroatoms. The SMILES string of the molecule is FC1([CH]c2cccs2)COCCS1. The lowest BCUT2D eigenvalue weighted by molar-refractivity contribution is 0.0796. The van der Waals surface area contributed by atoms with Gasteiger partial charge in [-0.25, -0.2) is 4.39 Å².